The Balaban J connectivity index is 1.88. The minimum absolute atomic E-state index is 0.0639. The Morgan fingerprint density at radius 3 is 2.70 bits per heavy atom. The summed E-state index contributed by atoms with van der Waals surface area (Å²) < 4.78 is 5.03. The van der Waals surface area contributed by atoms with Gasteiger partial charge in [0.05, 0.1) is 6.61 Å². The molecule has 0 saturated heterocycles. The zero-order valence-corrected chi connectivity index (χ0v) is 16.1. The van der Waals surface area contributed by atoms with Gasteiger partial charge in [0.15, 0.2) is 0 Å². The molecule has 4 nitrogen and oxygen atoms in total. The third-order valence-corrected chi connectivity index (χ3v) is 5.04. The monoisotopic (exact) mass is 364 g/mol. The van der Waals surface area contributed by atoms with Crippen LogP contribution in [0.4, 0.5) is 0 Å². The van der Waals surface area contributed by atoms with Crippen LogP contribution >= 0.6 is 0 Å². The highest BCUT2D eigenvalue weighted by atomic mass is 16.5. The van der Waals surface area contributed by atoms with Crippen LogP contribution in [0.25, 0.3) is 10.9 Å². The number of hydrogen-bond acceptors (Lipinski definition) is 2. The number of ether oxygens (including phenoxy) is 1. The highest BCUT2D eigenvalue weighted by Crippen LogP contribution is 2.32. The summed E-state index contributed by atoms with van der Waals surface area (Å²) in [6.07, 6.45) is 4.36. The SMILES string of the molecule is CCc1cccc2c(C(CC(=O)NCCOC)Cc3ccccc3)c[nH]c12. The smallest absolute Gasteiger partial charge is 0.220 e. The van der Waals surface area contributed by atoms with Crippen molar-refractivity contribution in [3.63, 3.8) is 0 Å². The maximum absolute atomic E-state index is 12.5. The van der Waals surface area contributed by atoms with Gasteiger partial charge >= 0.3 is 0 Å². The van der Waals surface area contributed by atoms with Crippen molar-refractivity contribution in [1.29, 1.82) is 0 Å². The third kappa shape index (κ3) is 4.77. The van der Waals surface area contributed by atoms with Gasteiger partial charge in [0.25, 0.3) is 0 Å². The number of hydrogen-bond donors (Lipinski definition) is 2. The zero-order chi connectivity index (χ0) is 19.1. The number of carbonyl (C=O) groups is 1. The Morgan fingerprint density at radius 1 is 1.15 bits per heavy atom. The number of rotatable bonds is 9. The molecule has 1 amide bonds. The molecule has 0 aliphatic carbocycles. The van der Waals surface area contributed by atoms with Crippen molar-refractivity contribution in [1.82, 2.24) is 10.3 Å². The van der Waals surface area contributed by atoms with E-state index in [1.165, 1.54) is 27.6 Å². The van der Waals surface area contributed by atoms with Gasteiger partial charge in [-0.2, -0.15) is 0 Å². The molecular weight excluding hydrogens is 336 g/mol. The van der Waals surface area contributed by atoms with Crippen LogP contribution in [0.5, 0.6) is 0 Å². The first-order valence-corrected chi connectivity index (χ1v) is 9.61. The normalized spacial score (nSPS) is 12.2. The first kappa shape index (κ1) is 19.2. The number of aromatic amines is 1. The van der Waals surface area contributed by atoms with E-state index >= 15 is 0 Å². The van der Waals surface area contributed by atoms with E-state index in [1.807, 2.05) is 6.07 Å². The molecule has 0 aliphatic heterocycles. The van der Waals surface area contributed by atoms with Crippen molar-refractivity contribution < 1.29 is 9.53 Å². The van der Waals surface area contributed by atoms with Gasteiger partial charge in [-0.3, -0.25) is 4.79 Å². The summed E-state index contributed by atoms with van der Waals surface area (Å²) >= 11 is 0. The van der Waals surface area contributed by atoms with Crippen LogP contribution in [-0.4, -0.2) is 31.2 Å². The minimum Gasteiger partial charge on any atom is -0.383 e. The van der Waals surface area contributed by atoms with Crippen LogP contribution in [0.3, 0.4) is 0 Å². The fraction of sp³-hybridized carbons (Fsp3) is 0.348. The summed E-state index contributed by atoms with van der Waals surface area (Å²) in [4.78, 5) is 15.9. The predicted molar refractivity (Wildman–Crippen MR) is 110 cm³/mol. The molecule has 1 unspecified atom stereocenters. The summed E-state index contributed by atoms with van der Waals surface area (Å²) in [6.45, 7) is 3.24. The summed E-state index contributed by atoms with van der Waals surface area (Å²) in [5, 5.41) is 4.18. The number of nitrogens with one attached hydrogen (secondary N) is 2. The van der Waals surface area contributed by atoms with Gasteiger partial charge in [-0.15, -0.1) is 0 Å². The maximum atomic E-state index is 12.5. The second-order valence-corrected chi connectivity index (χ2v) is 6.87. The average Bonchev–Trinajstić information content (AvgIpc) is 3.12. The predicted octanol–water partition coefficient (Wildman–Crippen LogP) is 4.21. The fourth-order valence-corrected chi connectivity index (χ4v) is 3.65. The molecule has 27 heavy (non-hydrogen) atoms. The molecule has 3 rings (SSSR count). The summed E-state index contributed by atoms with van der Waals surface area (Å²) in [5.74, 6) is 0.185. The molecular formula is C23H28N2O2. The van der Waals surface area contributed by atoms with E-state index in [-0.39, 0.29) is 11.8 Å². The molecule has 1 heterocycles. The topological polar surface area (TPSA) is 54.1 Å². The van der Waals surface area contributed by atoms with Crippen LogP contribution in [-0.2, 0) is 22.4 Å². The molecule has 0 aliphatic rings. The Kier molecular flexibility index (Phi) is 6.66. The van der Waals surface area contributed by atoms with E-state index in [2.05, 4.69) is 65.9 Å². The van der Waals surface area contributed by atoms with E-state index in [0.29, 0.717) is 19.6 Å². The van der Waals surface area contributed by atoms with Crippen LogP contribution in [0.1, 0.15) is 36.0 Å². The van der Waals surface area contributed by atoms with Crippen molar-refractivity contribution in [3.05, 3.63) is 71.4 Å². The number of aryl methyl sites for hydroxylation is 1. The molecule has 0 bridgehead atoms. The highest BCUT2D eigenvalue weighted by molar-refractivity contribution is 5.87. The summed E-state index contributed by atoms with van der Waals surface area (Å²) in [6, 6.07) is 16.8. The van der Waals surface area contributed by atoms with E-state index in [0.717, 1.165) is 12.8 Å². The molecule has 2 N–H and O–H groups in total. The first-order valence-electron chi connectivity index (χ1n) is 9.61. The second kappa shape index (κ2) is 9.38. The van der Waals surface area contributed by atoms with Crippen molar-refractivity contribution in [3.8, 4) is 0 Å². The van der Waals surface area contributed by atoms with Gasteiger partial charge in [0.1, 0.15) is 0 Å². The molecule has 0 spiro atoms. The second-order valence-electron chi connectivity index (χ2n) is 6.87. The van der Waals surface area contributed by atoms with Crippen molar-refractivity contribution >= 4 is 16.8 Å². The van der Waals surface area contributed by atoms with Crippen LogP contribution in [0.2, 0.25) is 0 Å². The van der Waals surface area contributed by atoms with Crippen LogP contribution in [0, 0.1) is 0 Å². The number of fused-ring (bicyclic) bond motifs is 1. The van der Waals surface area contributed by atoms with Crippen LogP contribution < -0.4 is 5.32 Å². The fourth-order valence-electron chi connectivity index (χ4n) is 3.65. The van der Waals surface area contributed by atoms with Gasteiger partial charge in [-0.25, -0.2) is 0 Å². The standard InChI is InChI=1S/C23H28N2O2/c1-3-18-10-7-11-20-21(16-25-23(18)20)19(14-17-8-5-4-6-9-17)15-22(26)24-12-13-27-2/h4-11,16,19,25H,3,12-15H2,1-2H3,(H,24,26). The summed E-state index contributed by atoms with van der Waals surface area (Å²) in [5.41, 5.74) is 4.95. The third-order valence-electron chi connectivity index (χ3n) is 5.04. The van der Waals surface area contributed by atoms with Gasteiger partial charge in [0, 0.05) is 37.2 Å². The number of benzene rings is 2. The number of amides is 1. The lowest BCUT2D eigenvalue weighted by molar-refractivity contribution is -0.121. The van der Waals surface area contributed by atoms with Gasteiger partial charge in [-0.05, 0) is 35.4 Å². The van der Waals surface area contributed by atoms with Crippen molar-refractivity contribution in [2.45, 2.75) is 32.1 Å². The number of methoxy groups -OCH3 is 1. The van der Waals surface area contributed by atoms with Gasteiger partial charge < -0.3 is 15.0 Å². The zero-order valence-electron chi connectivity index (χ0n) is 16.1. The largest absolute Gasteiger partial charge is 0.383 e. The lowest BCUT2D eigenvalue weighted by Crippen LogP contribution is -2.28. The molecule has 1 aromatic heterocycles. The molecule has 142 valence electrons. The molecule has 4 heteroatoms. The number of aromatic nitrogens is 1. The average molecular weight is 364 g/mol. The van der Waals surface area contributed by atoms with E-state index in [9.17, 15) is 4.79 Å². The lowest BCUT2D eigenvalue weighted by atomic mass is 9.88. The van der Waals surface area contributed by atoms with Crippen molar-refractivity contribution in [2.75, 3.05) is 20.3 Å². The van der Waals surface area contributed by atoms with Gasteiger partial charge in [0.2, 0.25) is 5.91 Å². The lowest BCUT2D eigenvalue weighted by Gasteiger charge is -2.17. The molecule has 0 saturated carbocycles. The maximum Gasteiger partial charge on any atom is 0.220 e. The molecule has 0 fully saturated rings. The Bertz CT molecular complexity index is 870. The minimum atomic E-state index is 0.0639. The van der Waals surface area contributed by atoms with E-state index in [4.69, 9.17) is 4.74 Å². The van der Waals surface area contributed by atoms with E-state index in [1.54, 1.807) is 7.11 Å². The van der Waals surface area contributed by atoms with Crippen molar-refractivity contribution in [2.24, 2.45) is 0 Å². The summed E-state index contributed by atoms with van der Waals surface area (Å²) in [7, 11) is 1.64. The molecule has 2 aromatic carbocycles. The highest BCUT2D eigenvalue weighted by Gasteiger charge is 2.20. The number of H-pyrrole nitrogens is 1. The van der Waals surface area contributed by atoms with Gasteiger partial charge in [-0.1, -0.05) is 55.5 Å². The number of para-hydroxylation sites is 1. The molecule has 1 atom stereocenters. The van der Waals surface area contributed by atoms with E-state index < -0.39 is 0 Å². The molecule has 3 aromatic rings. The van der Waals surface area contributed by atoms with Crippen LogP contribution in [0.15, 0.2) is 54.7 Å². The molecule has 0 radical (unpaired) electrons. The Hall–Kier alpha value is -2.59. The first-order chi connectivity index (χ1) is 13.2. The quantitative estimate of drug-likeness (QED) is 0.559. The number of carbonyl (C=O) groups excluding carboxylic acids is 1. The Labute approximate surface area is 160 Å². The Morgan fingerprint density at radius 2 is 1.96 bits per heavy atom.